The Morgan fingerprint density at radius 2 is 1.84 bits per heavy atom. The first-order valence-electron chi connectivity index (χ1n) is 11.7. The maximum absolute atomic E-state index is 14.5. The van der Waals surface area contributed by atoms with E-state index in [1.165, 1.54) is 39.0 Å². The van der Waals surface area contributed by atoms with Gasteiger partial charge in [-0.2, -0.15) is 4.31 Å². The highest BCUT2D eigenvalue weighted by Gasteiger charge is 2.41. The third kappa shape index (κ3) is 5.66. The van der Waals surface area contributed by atoms with Gasteiger partial charge in [-0.15, -0.1) is 0 Å². The van der Waals surface area contributed by atoms with E-state index in [4.69, 9.17) is 4.74 Å². The van der Waals surface area contributed by atoms with Crippen LogP contribution in [-0.4, -0.2) is 55.3 Å². The first-order valence-corrected chi connectivity index (χ1v) is 13.1. The molecule has 0 aliphatic carbocycles. The summed E-state index contributed by atoms with van der Waals surface area (Å²) in [6, 6.07) is 4.03. The number of aromatic nitrogens is 1. The number of hydrogen-bond acceptors (Lipinski definition) is 5. The van der Waals surface area contributed by atoms with Gasteiger partial charge in [0.05, 0.1) is 12.5 Å². The van der Waals surface area contributed by atoms with E-state index in [0.29, 0.717) is 28.7 Å². The van der Waals surface area contributed by atoms with Gasteiger partial charge >= 0.3 is 5.97 Å². The zero-order valence-electron chi connectivity index (χ0n) is 20.9. The van der Waals surface area contributed by atoms with Crippen molar-refractivity contribution in [3.8, 4) is 0 Å². The fourth-order valence-corrected chi connectivity index (χ4v) is 6.50. The fraction of sp³-hybridized carbons (Fsp3) is 0.500. The van der Waals surface area contributed by atoms with Crippen molar-refractivity contribution in [3.63, 3.8) is 0 Å². The van der Waals surface area contributed by atoms with E-state index in [-0.39, 0.29) is 31.1 Å². The lowest BCUT2D eigenvalue weighted by Crippen LogP contribution is -2.44. The van der Waals surface area contributed by atoms with Crippen molar-refractivity contribution in [3.05, 3.63) is 46.5 Å². The Morgan fingerprint density at radius 1 is 1.16 bits per heavy atom. The van der Waals surface area contributed by atoms with Crippen LogP contribution in [0.2, 0.25) is 0 Å². The summed E-state index contributed by atoms with van der Waals surface area (Å²) < 4.78 is 88.4. The second-order valence-electron chi connectivity index (χ2n) is 8.83. The third-order valence-electron chi connectivity index (χ3n) is 6.35. The number of halogens is 4. The number of carbonyl (C=O) groups excluding carboxylic acids is 2. The van der Waals surface area contributed by atoms with Crippen LogP contribution < -0.4 is 5.32 Å². The van der Waals surface area contributed by atoms with Crippen LogP contribution in [0.5, 0.6) is 0 Å². The highest BCUT2D eigenvalue weighted by Crippen LogP contribution is 2.36. The fourth-order valence-electron chi connectivity index (χ4n) is 4.54. The summed E-state index contributed by atoms with van der Waals surface area (Å²) in [4.78, 5) is 24.9. The topological polar surface area (TPSA) is 97.7 Å². The zero-order chi connectivity index (χ0) is 27.7. The summed E-state index contributed by atoms with van der Waals surface area (Å²) in [6.07, 6.45) is -5.68. The van der Waals surface area contributed by atoms with Crippen molar-refractivity contribution in [1.29, 1.82) is 0 Å². The summed E-state index contributed by atoms with van der Waals surface area (Å²) in [5.41, 5.74) is -0.529. The van der Waals surface area contributed by atoms with Crippen LogP contribution in [-0.2, 0) is 19.6 Å². The first-order chi connectivity index (χ1) is 17.3. The lowest BCUT2D eigenvalue weighted by atomic mass is 9.98. The van der Waals surface area contributed by atoms with E-state index in [0.717, 1.165) is 11.2 Å². The van der Waals surface area contributed by atoms with Crippen molar-refractivity contribution < 1.29 is 40.3 Å². The Kier molecular flexibility index (Phi) is 8.68. The number of esters is 1. The van der Waals surface area contributed by atoms with Gasteiger partial charge in [0.2, 0.25) is 22.2 Å². The minimum Gasteiger partial charge on any atom is -0.462 e. The number of anilines is 1. The van der Waals surface area contributed by atoms with E-state index in [2.05, 4.69) is 5.32 Å². The van der Waals surface area contributed by atoms with E-state index >= 15 is 0 Å². The van der Waals surface area contributed by atoms with Crippen LogP contribution in [0.3, 0.4) is 0 Å². The van der Waals surface area contributed by atoms with Crippen LogP contribution in [0, 0.1) is 32.5 Å². The van der Waals surface area contributed by atoms with Gasteiger partial charge in [-0.25, -0.2) is 30.8 Å². The number of nitrogens with one attached hydrogen (secondary N) is 1. The molecule has 2 heterocycles. The van der Waals surface area contributed by atoms with Crippen LogP contribution in [0.25, 0.3) is 0 Å². The van der Waals surface area contributed by atoms with Crippen LogP contribution >= 0.6 is 0 Å². The van der Waals surface area contributed by atoms with Gasteiger partial charge in [-0.3, -0.25) is 4.79 Å². The Bertz CT molecular complexity index is 1300. The molecule has 1 saturated heterocycles. The van der Waals surface area contributed by atoms with Gasteiger partial charge in [0.1, 0.15) is 16.3 Å². The Morgan fingerprint density at radius 3 is 2.43 bits per heavy atom. The molecular weight excluding hydrogens is 518 g/mol. The van der Waals surface area contributed by atoms with Crippen LogP contribution in [0.1, 0.15) is 53.4 Å². The second-order valence-corrected chi connectivity index (χ2v) is 10.7. The van der Waals surface area contributed by atoms with Crippen LogP contribution in [0.4, 0.5) is 23.2 Å². The molecule has 8 nitrogen and oxygen atoms in total. The average Bonchev–Trinajstić information content (AvgIpc) is 3.11. The number of nitrogens with zero attached hydrogens (tertiary/aromatic N) is 2. The summed E-state index contributed by atoms with van der Waals surface area (Å²) in [6.45, 7) is 4.96. The monoisotopic (exact) mass is 547 g/mol. The van der Waals surface area contributed by atoms with Gasteiger partial charge in [-0.1, -0.05) is 0 Å². The molecule has 3 rings (SSSR count). The molecule has 0 bridgehead atoms. The van der Waals surface area contributed by atoms with Gasteiger partial charge in [0.15, 0.2) is 0 Å². The molecule has 1 amide bonds. The molecule has 1 aromatic carbocycles. The minimum atomic E-state index is -4.53. The van der Waals surface area contributed by atoms with Crippen molar-refractivity contribution in [2.75, 3.05) is 25.0 Å². The lowest BCUT2D eigenvalue weighted by molar-refractivity contribution is -0.120. The highest BCUT2D eigenvalue weighted by molar-refractivity contribution is 7.89. The molecule has 0 radical (unpaired) electrons. The number of aryl methyl sites for hydroxylation is 1. The van der Waals surface area contributed by atoms with Gasteiger partial charge in [0, 0.05) is 30.2 Å². The largest absolute Gasteiger partial charge is 0.462 e. The Balaban J connectivity index is 1.97. The summed E-state index contributed by atoms with van der Waals surface area (Å²) in [7, 11) is -4.53. The minimum absolute atomic E-state index is 0.00159. The maximum atomic E-state index is 14.5. The number of amides is 1. The molecule has 2 atom stereocenters. The second kappa shape index (κ2) is 11.2. The SMILES string of the molecule is CCOC(=O)c1c(S(=O)(=O)N2CCCC(C(=O)Nc3ccc(F)c(C)c3)C2)c(C)n(C(F)C(F)F)c1C. The number of alkyl halides is 3. The molecule has 204 valence electrons. The Labute approximate surface area is 212 Å². The molecule has 13 heteroatoms. The molecule has 1 fully saturated rings. The molecule has 0 spiro atoms. The van der Waals surface area contributed by atoms with E-state index in [1.807, 2.05) is 0 Å². The molecule has 1 aliphatic rings. The molecule has 2 unspecified atom stereocenters. The first kappa shape index (κ1) is 28.6. The number of hydrogen-bond donors (Lipinski definition) is 1. The predicted octanol–water partition coefficient (Wildman–Crippen LogP) is 4.50. The Hall–Kier alpha value is -2.93. The van der Waals surface area contributed by atoms with Gasteiger partial charge in [-0.05, 0) is 64.3 Å². The lowest BCUT2D eigenvalue weighted by Gasteiger charge is -2.31. The zero-order valence-corrected chi connectivity index (χ0v) is 21.7. The normalized spacial score (nSPS) is 17.6. The van der Waals surface area contributed by atoms with E-state index < -0.39 is 56.8 Å². The molecule has 37 heavy (non-hydrogen) atoms. The number of benzene rings is 1. The van der Waals surface area contributed by atoms with E-state index in [1.54, 1.807) is 0 Å². The van der Waals surface area contributed by atoms with Crippen LogP contribution in [0.15, 0.2) is 23.1 Å². The third-order valence-corrected chi connectivity index (χ3v) is 8.38. The molecular formula is C24H29F4N3O5S. The number of carbonyl (C=O) groups is 2. The molecule has 1 aromatic heterocycles. The summed E-state index contributed by atoms with van der Waals surface area (Å²) in [5.74, 6) is -2.79. The number of sulfonamides is 1. The molecule has 0 saturated carbocycles. The predicted molar refractivity (Wildman–Crippen MR) is 127 cm³/mol. The van der Waals surface area contributed by atoms with E-state index in [9.17, 15) is 35.6 Å². The summed E-state index contributed by atoms with van der Waals surface area (Å²) in [5, 5.41) is 2.65. The molecule has 1 N–H and O–H groups in total. The smallest absolute Gasteiger partial charge is 0.341 e. The van der Waals surface area contributed by atoms with Gasteiger partial charge in [0.25, 0.3) is 6.43 Å². The summed E-state index contributed by atoms with van der Waals surface area (Å²) >= 11 is 0. The van der Waals surface area contributed by atoms with Crippen molar-refractivity contribution in [2.45, 2.75) is 58.2 Å². The quantitative estimate of drug-likeness (QED) is 0.388. The number of piperidine rings is 1. The molecule has 2 aromatic rings. The van der Waals surface area contributed by atoms with Crippen molar-refractivity contribution in [2.24, 2.45) is 5.92 Å². The highest BCUT2D eigenvalue weighted by atomic mass is 32.2. The van der Waals surface area contributed by atoms with Crippen molar-refractivity contribution in [1.82, 2.24) is 8.87 Å². The number of rotatable bonds is 8. The van der Waals surface area contributed by atoms with Crippen molar-refractivity contribution >= 4 is 27.6 Å². The average molecular weight is 548 g/mol. The van der Waals surface area contributed by atoms with Gasteiger partial charge < -0.3 is 14.6 Å². The standard InChI is InChI=1S/C24H29F4N3O5S/c1-5-36-24(33)19-14(3)31(22(28)21(26)27)15(4)20(19)37(34,35)30-10-6-7-16(12-30)23(32)29-17-8-9-18(25)13(2)11-17/h8-9,11,16,21-22H,5-7,10,12H2,1-4H3,(H,29,32). The maximum Gasteiger partial charge on any atom is 0.341 e. The molecule has 1 aliphatic heterocycles. The number of ether oxygens (including phenoxy) is 1.